The van der Waals surface area contributed by atoms with Gasteiger partial charge in [-0.1, -0.05) is 17.7 Å². The summed E-state index contributed by atoms with van der Waals surface area (Å²) < 4.78 is 0. The van der Waals surface area contributed by atoms with E-state index < -0.39 is 0 Å². The van der Waals surface area contributed by atoms with Gasteiger partial charge in [-0.3, -0.25) is 5.10 Å². The molecule has 2 N–H and O–H groups in total. The van der Waals surface area contributed by atoms with Crippen molar-refractivity contribution in [2.75, 3.05) is 0 Å². The molecule has 0 aliphatic rings. The number of hydrogen-bond donors (Lipinski definition) is 2. The van der Waals surface area contributed by atoms with Gasteiger partial charge in [-0.25, -0.2) is 0 Å². The summed E-state index contributed by atoms with van der Waals surface area (Å²) in [6, 6.07) is 10.8. The molecule has 0 fully saturated rings. The second-order valence-corrected chi connectivity index (χ2v) is 4.27. The molecule has 0 aliphatic heterocycles. The normalized spacial score (nSPS) is 10.9. The van der Waals surface area contributed by atoms with Crippen LogP contribution in [-0.2, 0) is 0 Å². The van der Waals surface area contributed by atoms with Crippen molar-refractivity contribution in [3.8, 4) is 16.9 Å². The zero-order valence-corrected chi connectivity index (χ0v) is 9.57. The number of H-pyrrole nitrogens is 1. The molecule has 0 spiro atoms. The number of halogens is 1. The van der Waals surface area contributed by atoms with E-state index in [-0.39, 0.29) is 5.75 Å². The number of nitrogens with one attached hydrogen (secondary N) is 1. The maximum absolute atomic E-state index is 9.83. The molecule has 0 saturated carbocycles. The Morgan fingerprint density at radius 2 is 2.00 bits per heavy atom. The van der Waals surface area contributed by atoms with E-state index in [1.54, 1.807) is 24.4 Å². The summed E-state index contributed by atoms with van der Waals surface area (Å²) in [5.74, 6) is 0.220. The Morgan fingerprint density at radius 1 is 1.12 bits per heavy atom. The third-order valence-electron chi connectivity index (χ3n) is 2.71. The van der Waals surface area contributed by atoms with Crippen LogP contribution in [0.25, 0.3) is 22.0 Å². The molecule has 0 amide bonds. The van der Waals surface area contributed by atoms with E-state index in [1.807, 2.05) is 18.2 Å². The second-order valence-electron chi connectivity index (χ2n) is 3.83. The number of benzene rings is 2. The molecule has 3 rings (SSSR count). The Labute approximate surface area is 103 Å². The monoisotopic (exact) mass is 244 g/mol. The van der Waals surface area contributed by atoms with E-state index in [0.29, 0.717) is 5.02 Å². The number of phenols is 1. The molecular weight excluding hydrogens is 236 g/mol. The van der Waals surface area contributed by atoms with Crippen molar-refractivity contribution in [2.24, 2.45) is 0 Å². The lowest BCUT2D eigenvalue weighted by molar-refractivity contribution is 0.477. The average Bonchev–Trinajstić information content (AvgIpc) is 2.79. The van der Waals surface area contributed by atoms with Crippen molar-refractivity contribution < 1.29 is 5.11 Å². The number of fused-ring (bicyclic) bond motifs is 1. The van der Waals surface area contributed by atoms with Gasteiger partial charge >= 0.3 is 0 Å². The fourth-order valence-electron chi connectivity index (χ4n) is 1.85. The molecule has 17 heavy (non-hydrogen) atoms. The molecule has 0 atom stereocenters. The van der Waals surface area contributed by atoms with Crippen molar-refractivity contribution in [1.29, 1.82) is 0 Å². The first kappa shape index (κ1) is 10.2. The Hall–Kier alpha value is -2.00. The summed E-state index contributed by atoms with van der Waals surface area (Å²) in [4.78, 5) is 0. The Kier molecular flexibility index (Phi) is 2.27. The van der Waals surface area contributed by atoms with Gasteiger partial charge in [-0.15, -0.1) is 0 Å². The smallest absolute Gasteiger partial charge is 0.123 e. The van der Waals surface area contributed by atoms with Gasteiger partial charge in [-0.2, -0.15) is 5.10 Å². The third kappa shape index (κ3) is 1.74. The lowest BCUT2D eigenvalue weighted by Gasteiger charge is -2.05. The molecule has 3 nitrogen and oxygen atoms in total. The number of nitrogens with zero attached hydrogens (tertiary/aromatic N) is 1. The Balaban J connectivity index is 2.22. The fourth-order valence-corrected chi connectivity index (χ4v) is 2.02. The van der Waals surface area contributed by atoms with Crippen molar-refractivity contribution in [3.05, 3.63) is 47.6 Å². The van der Waals surface area contributed by atoms with E-state index in [4.69, 9.17) is 11.6 Å². The SMILES string of the molecule is Oc1ccc(Cl)cc1-c1ccc2[nH]ncc2c1. The topological polar surface area (TPSA) is 48.9 Å². The Morgan fingerprint density at radius 3 is 2.88 bits per heavy atom. The van der Waals surface area contributed by atoms with E-state index >= 15 is 0 Å². The number of aromatic hydroxyl groups is 1. The van der Waals surface area contributed by atoms with Crippen molar-refractivity contribution in [2.45, 2.75) is 0 Å². The number of rotatable bonds is 1. The van der Waals surface area contributed by atoms with Gasteiger partial charge in [0.25, 0.3) is 0 Å². The van der Waals surface area contributed by atoms with Gasteiger partial charge < -0.3 is 5.11 Å². The lowest BCUT2D eigenvalue weighted by Crippen LogP contribution is -1.79. The summed E-state index contributed by atoms with van der Waals surface area (Å²) in [5.41, 5.74) is 2.61. The molecule has 0 aliphatic carbocycles. The Bertz CT molecular complexity index is 691. The van der Waals surface area contributed by atoms with Crippen molar-refractivity contribution in [1.82, 2.24) is 10.2 Å². The molecular formula is C13H9ClN2O. The summed E-state index contributed by atoms with van der Waals surface area (Å²) in [5, 5.41) is 18.3. The molecule has 0 bridgehead atoms. The van der Waals surface area contributed by atoms with Crippen LogP contribution >= 0.6 is 11.6 Å². The number of aromatic amines is 1. The molecule has 2 aromatic carbocycles. The van der Waals surface area contributed by atoms with Crippen LogP contribution in [0.2, 0.25) is 5.02 Å². The van der Waals surface area contributed by atoms with Gasteiger partial charge in [0.1, 0.15) is 5.75 Å². The highest BCUT2D eigenvalue weighted by Gasteiger charge is 2.06. The van der Waals surface area contributed by atoms with E-state index in [0.717, 1.165) is 22.0 Å². The second kappa shape index (κ2) is 3.79. The predicted molar refractivity (Wildman–Crippen MR) is 68.2 cm³/mol. The van der Waals surface area contributed by atoms with Gasteiger partial charge in [0.05, 0.1) is 11.7 Å². The van der Waals surface area contributed by atoms with Gasteiger partial charge in [0.2, 0.25) is 0 Å². The number of hydrogen-bond acceptors (Lipinski definition) is 2. The lowest BCUT2D eigenvalue weighted by atomic mass is 10.0. The van der Waals surface area contributed by atoms with Crippen LogP contribution in [0.3, 0.4) is 0 Å². The van der Waals surface area contributed by atoms with Gasteiger partial charge in [0.15, 0.2) is 0 Å². The highest BCUT2D eigenvalue weighted by Crippen LogP contribution is 2.32. The quantitative estimate of drug-likeness (QED) is 0.687. The minimum absolute atomic E-state index is 0.220. The van der Waals surface area contributed by atoms with Crippen LogP contribution in [0.4, 0.5) is 0 Å². The standard InChI is InChI=1S/C13H9ClN2O/c14-10-2-4-13(17)11(6-10)8-1-3-12-9(5-8)7-15-16-12/h1-7,17H,(H,15,16). The molecule has 4 heteroatoms. The molecule has 0 unspecified atom stereocenters. The van der Waals surface area contributed by atoms with E-state index in [9.17, 15) is 5.11 Å². The maximum Gasteiger partial charge on any atom is 0.123 e. The largest absolute Gasteiger partial charge is 0.507 e. The van der Waals surface area contributed by atoms with Crippen LogP contribution in [-0.4, -0.2) is 15.3 Å². The predicted octanol–water partition coefficient (Wildman–Crippen LogP) is 3.59. The number of phenolic OH excluding ortho intramolecular Hbond substituents is 1. The van der Waals surface area contributed by atoms with Crippen molar-refractivity contribution >= 4 is 22.5 Å². The first-order valence-corrected chi connectivity index (χ1v) is 5.54. The van der Waals surface area contributed by atoms with Crippen LogP contribution in [0.5, 0.6) is 5.75 Å². The summed E-state index contributed by atoms with van der Waals surface area (Å²) in [6.45, 7) is 0. The first-order valence-electron chi connectivity index (χ1n) is 5.16. The highest BCUT2D eigenvalue weighted by atomic mass is 35.5. The van der Waals surface area contributed by atoms with E-state index in [2.05, 4.69) is 10.2 Å². The van der Waals surface area contributed by atoms with Crippen LogP contribution in [0, 0.1) is 0 Å². The van der Waals surface area contributed by atoms with E-state index in [1.165, 1.54) is 0 Å². The van der Waals surface area contributed by atoms with Crippen LogP contribution in [0.1, 0.15) is 0 Å². The fraction of sp³-hybridized carbons (Fsp3) is 0. The highest BCUT2D eigenvalue weighted by molar-refractivity contribution is 6.31. The molecule has 0 saturated heterocycles. The third-order valence-corrected chi connectivity index (χ3v) is 2.94. The average molecular weight is 245 g/mol. The molecule has 0 radical (unpaired) electrons. The number of aromatic nitrogens is 2. The molecule has 84 valence electrons. The maximum atomic E-state index is 9.83. The molecule has 1 heterocycles. The van der Waals surface area contributed by atoms with Gasteiger partial charge in [0, 0.05) is 16.0 Å². The zero-order valence-electron chi connectivity index (χ0n) is 8.81. The zero-order chi connectivity index (χ0) is 11.8. The van der Waals surface area contributed by atoms with Crippen LogP contribution < -0.4 is 0 Å². The summed E-state index contributed by atoms with van der Waals surface area (Å²) in [7, 11) is 0. The molecule has 1 aromatic heterocycles. The van der Waals surface area contributed by atoms with Gasteiger partial charge in [-0.05, 0) is 35.9 Å². The van der Waals surface area contributed by atoms with Crippen molar-refractivity contribution in [3.63, 3.8) is 0 Å². The minimum atomic E-state index is 0.220. The summed E-state index contributed by atoms with van der Waals surface area (Å²) >= 11 is 5.93. The minimum Gasteiger partial charge on any atom is -0.507 e. The van der Waals surface area contributed by atoms with Crippen LogP contribution in [0.15, 0.2) is 42.6 Å². The summed E-state index contributed by atoms with van der Waals surface area (Å²) in [6.07, 6.45) is 1.75. The first-order chi connectivity index (χ1) is 8.24. The molecule has 3 aromatic rings.